The molecule has 2 atom stereocenters. The summed E-state index contributed by atoms with van der Waals surface area (Å²) >= 11 is 0. The van der Waals surface area contributed by atoms with Crippen LogP contribution in [0.2, 0.25) is 0 Å². The molecule has 1 fully saturated rings. The Hall–Kier alpha value is -2.74. The van der Waals surface area contributed by atoms with E-state index in [1.807, 2.05) is 13.1 Å². The molecule has 0 spiro atoms. The lowest BCUT2D eigenvalue weighted by Gasteiger charge is -2.21. The van der Waals surface area contributed by atoms with Crippen LogP contribution in [0.4, 0.5) is 10.2 Å². The van der Waals surface area contributed by atoms with E-state index in [0.29, 0.717) is 17.8 Å². The van der Waals surface area contributed by atoms with Crippen LogP contribution >= 0.6 is 0 Å². The minimum absolute atomic E-state index is 0.0127. The number of rotatable bonds is 4. The number of nitrogens with zero attached hydrogens (tertiary/aromatic N) is 4. The predicted octanol–water partition coefficient (Wildman–Crippen LogP) is 2.45. The molecule has 0 unspecified atom stereocenters. The molecular formula is C17H18FN5O2. The van der Waals surface area contributed by atoms with Crippen molar-refractivity contribution in [3.8, 4) is 5.75 Å². The first-order valence-electron chi connectivity index (χ1n) is 8.02. The fourth-order valence-electron chi connectivity index (χ4n) is 3.22. The number of methoxy groups -OCH3 is 1. The van der Waals surface area contributed by atoms with Crippen molar-refractivity contribution in [1.29, 1.82) is 0 Å². The van der Waals surface area contributed by atoms with Gasteiger partial charge in [-0.1, -0.05) is 0 Å². The van der Waals surface area contributed by atoms with E-state index in [0.717, 1.165) is 12.1 Å². The van der Waals surface area contributed by atoms with Crippen molar-refractivity contribution in [2.24, 2.45) is 7.05 Å². The van der Waals surface area contributed by atoms with Gasteiger partial charge in [-0.25, -0.2) is 14.4 Å². The molecule has 1 saturated heterocycles. The van der Waals surface area contributed by atoms with Gasteiger partial charge in [0.05, 0.1) is 18.8 Å². The van der Waals surface area contributed by atoms with Crippen molar-refractivity contribution in [3.63, 3.8) is 0 Å². The second kappa shape index (κ2) is 6.29. The quantitative estimate of drug-likeness (QED) is 0.784. The van der Waals surface area contributed by atoms with Gasteiger partial charge in [0.2, 0.25) is 0 Å². The number of ether oxygens (including phenoxy) is 2. The monoisotopic (exact) mass is 343 g/mol. The van der Waals surface area contributed by atoms with Crippen LogP contribution in [0.3, 0.4) is 0 Å². The molecule has 0 bridgehead atoms. The Bertz CT molecular complexity index is 913. The molecule has 3 heterocycles. The van der Waals surface area contributed by atoms with E-state index in [-0.39, 0.29) is 23.4 Å². The Kier molecular flexibility index (Phi) is 3.96. The van der Waals surface area contributed by atoms with Gasteiger partial charge in [0.1, 0.15) is 23.8 Å². The van der Waals surface area contributed by atoms with Gasteiger partial charge in [-0.15, -0.1) is 0 Å². The minimum atomic E-state index is -0.490. The molecule has 0 saturated carbocycles. The summed E-state index contributed by atoms with van der Waals surface area (Å²) in [5.41, 5.74) is 1.22. The standard InChI is InChI=1S/C17H18FN5O2/c1-23-12(5-7-21-23)16-11(6-8-25-16)22-17-10-3-4-13(24-2)14(18)15(10)19-9-20-17/h3-5,7,9,11,16H,6,8H2,1-2H3,(H,19,20,22)/t11-,16-/m0/s1. The number of benzene rings is 1. The fourth-order valence-corrected chi connectivity index (χ4v) is 3.22. The summed E-state index contributed by atoms with van der Waals surface area (Å²) in [4.78, 5) is 8.35. The van der Waals surface area contributed by atoms with Gasteiger partial charge in [0, 0.05) is 25.2 Å². The van der Waals surface area contributed by atoms with Crippen LogP contribution in [0, 0.1) is 5.82 Å². The summed E-state index contributed by atoms with van der Waals surface area (Å²) in [5, 5.41) is 8.20. The van der Waals surface area contributed by atoms with Crippen LogP contribution < -0.4 is 10.1 Å². The highest BCUT2D eigenvalue weighted by molar-refractivity contribution is 5.90. The van der Waals surface area contributed by atoms with Crippen LogP contribution in [-0.2, 0) is 11.8 Å². The predicted molar refractivity (Wildman–Crippen MR) is 90.0 cm³/mol. The maximum atomic E-state index is 14.4. The van der Waals surface area contributed by atoms with Crippen LogP contribution in [0.15, 0.2) is 30.7 Å². The first kappa shape index (κ1) is 15.8. The first-order chi connectivity index (χ1) is 12.2. The summed E-state index contributed by atoms with van der Waals surface area (Å²) in [5.74, 6) is 0.250. The molecule has 0 amide bonds. The second-order valence-corrected chi connectivity index (χ2v) is 5.91. The highest BCUT2D eigenvalue weighted by Crippen LogP contribution is 2.33. The molecule has 130 valence electrons. The van der Waals surface area contributed by atoms with E-state index >= 15 is 0 Å². The number of aromatic nitrogens is 4. The van der Waals surface area contributed by atoms with E-state index in [9.17, 15) is 4.39 Å². The highest BCUT2D eigenvalue weighted by atomic mass is 19.1. The third-order valence-electron chi connectivity index (χ3n) is 4.49. The van der Waals surface area contributed by atoms with E-state index in [1.54, 1.807) is 23.0 Å². The Labute approximate surface area is 143 Å². The lowest BCUT2D eigenvalue weighted by molar-refractivity contribution is 0.101. The smallest absolute Gasteiger partial charge is 0.191 e. The Morgan fingerprint density at radius 3 is 2.96 bits per heavy atom. The average Bonchev–Trinajstić information content (AvgIpc) is 3.24. The Balaban J connectivity index is 1.69. The van der Waals surface area contributed by atoms with Crippen molar-refractivity contribution in [2.45, 2.75) is 18.6 Å². The number of anilines is 1. The Morgan fingerprint density at radius 1 is 1.32 bits per heavy atom. The number of halogens is 1. The lowest BCUT2D eigenvalue weighted by atomic mass is 10.1. The van der Waals surface area contributed by atoms with Gasteiger partial charge < -0.3 is 14.8 Å². The maximum Gasteiger partial charge on any atom is 0.191 e. The van der Waals surface area contributed by atoms with E-state index < -0.39 is 5.82 Å². The van der Waals surface area contributed by atoms with Crippen LogP contribution in [0.25, 0.3) is 10.9 Å². The molecule has 8 heteroatoms. The maximum absolute atomic E-state index is 14.4. The van der Waals surface area contributed by atoms with E-state index in [4.69, 9.17) is 9.47 Å². The summed E-state index contributed by atoms with van der Waals surface area (Å²) in [6, 6.07) is 5.29. The number of hydrogen-bond donors (Lipinski definition) is 1. The molecule has 2 aromatic heterocycles. The van der Waals surface area contributed by atoms with Crippen molar-refractivity contribution in [2.75, 3.05) is 19.0 Å². The van der Waals surface area contributed by atoms with Crippen LogP contribution in [0.1, 0.15) is 18.2 Å². The molecule has 0 aliphatic carbocycles. The van der Waals surface area contributed by atoms with Crippen molar-refractivity contribution in [3.05, 3.63) is 42.2 Å². The minimum Gasteiger partial charge on any atom is -0.494 e. The normalized spacial score (nSPS) is 20.1. The molecule has 7 nitrogen and oxygen atoms in total. The van der Waals surface area contributed by atoms with E-state index in [1.165, 1.54) is 13.4 Å². The van der Waals surface area contributed by atoms with Gasteiger partial charge in [0.25, 0.3) is 0 Å². The first-order valence-corrected chi connectivity index (χ1v) is 8.02. The van der Waals surface area contributed by atoms with Crippen LogP contribution in [0.5, 0.6) is 5.75 Å². The molecule has 0 radical (unpaired) electrons. The molecule has 1 N–H and O–H groups in total. The average molecular weight is 343 g/mol. The number of fused-ring (bicyclic) bond motifs is 1. The molecule has 1 aliphatic heterocycles. The van der Waals surface area contributed by atoms with Gasteiger partial charge >= 0.3 is 0 Å². The summed E-state index contributed by atoms with van der Waals surface area (Å²) in [6.07, 6.45) is 3.78. The second-order valence-electron chi connectivity index (χ2n) is 5.91. The van der Waals surface area contributed by atoms with Crippen molar-refractivity contribution in [1.82, 2.24) is 19.7 Å². The number of hydrogen-bond acceptors (Lipinski definition) is 6. The highest BCUT2D eigenvalue weighted by Gasteiger charge is 2.32. The van der Waals surface area contributed by atoms with Gasteiger partial charge in [-0.05, 0) is 24.6 Å². The van der Waals surface area contributed by atoms with Crippen molar-refractivity contribution >= 4 is 16.7 Å². The fraction of sp³-hybridized carbons (Fsp3) is 0.353. The van der Waals surface area contributed by atoms with Gasteiger partial charge in [0.15, 0.2) is 11.6 Å². The number of nitrogens with one attached hydrogen (secondary N) is 1. The molecular weight excluding hydrogens is 325 g/mol. The third kappa shape index (κ3) is 2.68. The molecule has 4 rings (SSSR count). The zero-order chi connectivity index (χ0) is 17.4. The zero-order valence-electron chi connectivity index (χ0n) is 13.9. The summed E-state index contributed by atoms with van der Waals surface area (Å²) < 4.78 is 27.1. The van der Waals surface area contributed by atoms with Gasteiger partial charge in [-0.2, -0.15) is 5.10 Å². The van der Waals surface area contributed by atoms with Crippen LogP contribution in [-0.4, -0.2) is 39.5 Å². The zero-order valence-corrected chi connectivity index (χ0v) is 13.9. The Morgan fingerprint density at radius 2 is 2.20 bits per heavy atom. The van der Waals surface area contributed by atoms with E-state index in [2.05, 4.69) is 20.4 Å². The van der Waals surface area contributed by atoms with Gasteiger partial charge in [-0.3, -0.25) is 4.68 Å². The molecule has 1 aromatic carbocycles. The summed E-state index contributed by atoms with van der Waals surface area (Å²) in [7, 11) is 3.31. The molecule has 1 aliphatic rings. The molecule has 25 heavy (non-hydrogen) atoms. The SMILES string of the molecule is COc1ccc2c(N[C@H]3CCO[C@@H]3c3ccnn3C)ncnc2c1F. The summed E-state index contributed by atoms with van der Waals surface area (Å²) in [6.45, 7) is 0.638. The lowest BCUT2D eigenvalue weighted by Crippen LogP contribution is -2.25. The third-order valence-corrected chi connectivity index (χ3v) is 4.49. The number of aryl methyl sites for hydroxylation is 1. The largest absolute Gasteiger partial charge is 0.494 e. The molecule has 3 aromatic rings. The topological polar surface area (TPSA) is 74.1 Å². The van der Waals surface area contributed by atoms with Crippen molar-refractivity contribution < 1.29 is 13.9 Å².